The van der Waals surface area contributed by atoms with Crippen molar-refractivity contribution >= 4 is 5.91 Å². The number of nitrogens with zero attached hydrogens (tertiary/aromatic N) is 1. The molecule has 0 spiro atoms. The summed E-state index contributed by atoms with van der Waals surface area (Å²) < 4.78 is 41.0. The molecule has 4 fully saturated rings. The van der Waals surface area contributed by atoms with Gasteiger partial charge in [-0.05, 0) is 62.3 Å². The third kappa shape index (κ3) is 3.60. The van der Waals surface area contributed by atoms with E-state index in [4.69, 9.17) is 0 Å². The van der Waals surface area contributed by atoms with E-state index in [9.17, 15) is 18.0 Å². The van der Waals surface area contributed by atoms with E-state index >= 15 is 0 Å². The quantitative estimate of drug-likeness (QED) is 0.897. The van der Waals surface area contributed by atoms with Crippen molar-refractivity contribution in [1.82, 2.24) is 10.3 Å². The van der Waals surface area contributed by atoms with Gasteiger partial charge >= 0.3 is 6.18 Å². The molecule has 1 aromatic heterocycles. The van der Waals surface area contributed by atoms with Crippen molar-refractivity contribution in [2.24, 2.45) is 17.8 Å². The standard InChI is InChI=1S/C18H21F3N2O2/c19-18(20,21)10-25-15-2-1-14(9-22-15)16(24)23-17-6-11-3-12(7-17)5-13(4-11)8-17/h1-2,9,11-13H,3-8,10H2,(H,23,24). The number of amides is 1. The highest BCUT2D eigenvalue weighted by atomic mass is 19.4. The van der Waals surface area contributed by atoms with E-state index in [1.807, 2.05) is 0 Å². The number of alkyl halides is 3. The Morgan fingerprint density at radius 1 is 1.16 bits per heavy atom. The van der Waals surface area contributed by atoms with Crippen molar-refractivity contribution in [1.29, 1.82) is 0 Å². The molecular formula is C18H21F3N2O2. The van der Waals surface area contributed by atoms with Gasteiger partial charge in [0.05, 0.1) is 5.56 Å². The van der Waals surface area contributed by atoms with Gasteiger partial charge in [-0.2, -0.15) is 13.2 Å². The van der Waals surface area contributed by atoms with Crippen LogP contribution in [-0.2, 0) is 0 Å². The molecule has 1 aromatic rings. The SMILES string of the molecule is O=C(NC12CC3CC(CC(C3)C1)C2)c1ccc(OCC(F)(F)F)nc1. The van der Waals surface area contributed by atoms with Gasteiger partial charge in [-0.25, -0.2) is 4.98 Å². The molecule has 25 heavy (non-hydrogen) atoms. The molecular weight excluding hydrogens is 333 g/mol. The lowest BCUT2D eigenvalue weighted by Gasteiger charge is -2.56. The number of pyridine rings is 1. The highest BCUT2D eigenvalue weighted by Gasteiger charge is 2.51. The molecule has 0 aromatic carbocycles. The fraction of sp³-hybridized carbons (Fsp3) is 0.667. The summed E-state index contributed by atoms with van der Waals surface area (Å²) >= 11 is 0. The molecule has 0 unspecified atom stereocenters. The van der Waals surface area contributed by atoms with Crippen LogP contribution in [0, 0.1) is 17.8 Å². The van der Waals surface area contributed by atoms with Gasteiger partial charge < -0.3 is 10.1 Å². The normalized spacial score (nSPS) is 33.3. The molecule has 136 valence electrons. The fourth-order valence-electron chi connectivity index (χ4n) is 5.33. The van der Waals surface area contributed by atoms with E-state index < -0.39 is 12.8 Å². The Balaban J connectivity index is 1.40. The molecule has 4 aliphatic carbocycles. The van der Waals surface area contributed by atoms with Gasteiger partial charge in [0, 0.05) is 17.8 Å². The second kappa shape index (κ2) is 5.88. The summed E-state index contributed by atoms with van der Waals surface area (Å²) in [5, 5.41) is 3.22. The number of carbonyl (C=O) groups excluding carboxylic acids is 1. The first kappa shape index (κ1) is 16.7. The lowest BCUT2D eigenvalue weighted by Crippen LogP contribution is -2.59. The second-order valence-corrected chi connectivity index (χ2v) is 7.94. The van der Waals surface area contributed by atoms with E-state index in [1.165, 1.54) is 37.6 Å². The minimum absolute atomic E-state index is 0.0999. The average Bonchev–Trinajstić information content (AvgIpc) is 2.51. The molecule has 1 N–H and O–H groups in total. The van der Waals surface area contributed by atoms with Gasteiger partial charge in [-0.15, -0.1) is 0 Å². The van der Waals surface area contributed by atoms with Crippen LogP contribution in [0.4, 0.5) is 13.2 Å². The summed E-state index contributed by atoms with van der Waals surface area (Å²) in [7, 11) is 0. The summed E-state index contributed by atoms with van der Waals surface area (Å²) in [6.07, 6.45) is 3.89. The summed E-state index contributed by atoms with van der Waals surface area (Å²) in [4.78, 5) is 16.4. The van der Waals surface area contributed by atoms with E-state index in [0.717, 1.165) is 37.0 Å². The van der Waals surface area contributed by atoms with Gasteiger partial charge in [0.2, 0.25) is 5.88 Å². The number of hydrogen-bond donors (Lipinski definition) is 1. The molecule has 7 heteroatoms. The zero-order valence-electron chi connectivity index (χ0n) is 13.8. The predicted molar refractivity (Wildman–Crippen MR) is 84.2 cm³/mol. The Bertz CT molecular complexity index is 622. The van der Waals surface area contributed by atoms with Crippen LogP contribution in [0.5, 0.6) is 5.88 Å². The number of ether oxygens (including phenoxy) is 1. The molecule has 4 saturated carbocycles. The Morgan fingerprint density at radius 3 is 2.24 bits per heavy atom. The molecule has 5 rings (SSSR count). The number of rotatable bonds is 4. The highest BCUT2D eigenvalue weighted by molar-refractivity contribution is 5.94. The molecule has 1 heterocycles. The van der Waals surface area contributed by atoms with E-state index in [-0.39, 0.29) is 17.3 Å². The van der Waals surface area contributed by atoms with Crippen LogP contribution >= 0.6 is 0 Å². The van der Waals surface area contributed by atoms with E-state index in [0.29, 0.717) is 5.56 Å². The van der Waals surface area contributed by atoms with Crippen LogP contribution in [0.2, 0.25) is 0 Å². The molecule has 4 bridgehead atoms. The van der Waals surface area contributed by atoms with Crippen molar-refractivity contribution < 1.29 is 22.7 Å². The van der Waals surface area contributed by atoms with Crippen molar-refractivity contribution in [3.05, 3.63) is 23.9 Å². The molecule has 4 nitrogen and oxygen atoms in total. The van der Waals surface area contributed by atoms with Crippen LogP contribution in [0.25, 0.3) is 0 Å². The summed E-state index contributed by atoms with van der Waals surface area (Å²) in [6, 6.07) is 2.77. The first-order chi connectivity index (χ1) is 11.8. The fourth-order valence-corrected chi connectivity index (χ4v) is 5.33. The topological polar surface area (TPSA) is 51.2 Å². The Morgan fingerprint density at radius 2 is 1.76 bits per heavy atom. The molecule has 0 saturated heterocycles. The molecule has 4 aliphatic rings. The zero-order valence-corrected chi connectivity index (χ0v) is 13.8. The summed E-state index contributed by atoms with van der Waals surface area (Å²) in [5.74, 6) is 1.84. The minimum Gasteiger partial charge on any atom is -0.468 e. The van der Waals surface area contributed by atoms with Crippen molar-refractivity contribution in [2.45, 2.75) is 50.2 Å². The highest BCUT2D eigenvalue weighted by Crippen LogP contribution is 2.55. The van der Waals surface area contributed by atoms with Gasteiger partial charge in [-0.1, -0.05) is 0 Å². The molecule has 1 amide bonds. The van der Waals surface area contributed by atoms with Crippen LogP contribution in [0.1, 0.15) is 48.9 Å². The maximum Gasteiger partial charge on any atom is 0.422 e. The van der Waals surface area contributed by atoms with Crippen LogP contribution in [-0.4, -0.2) is 29.2 Å². The van der Waals surface area contributed by atoms with Gasteiger partial charge in [-0.3, -0.25) is 4.79 Å². The van der Waals surface area contributed by atoms with Gasteiger partial charge in [0.1, 0.15) is 0 Å². The molecule has 0 aliphatic heterocycles. The maximum absolute atomic E-state index is 12.6. The van der Waals surface area contributed by atoms with Crippen LogP contribution in [0.15, 0.2) is 18.3 Å². The van der Waals surface area contributed by atoms with Crippen LogP contribution in [0.3, 0.4) is 0 Å². The largest absolute Gasteiger partial charge is 0.468 e. The number of aromatic nitrogens is 1. The monoisotopic (exact) mass is 354 g/mol. The Kier molecular flexibility index (Phi) is 3.92. The van der Waals surface area contributed by atoms with Gasteiger partial charge in [0.15, 0.2) is 6.61 Å². The lowest BCUT2D eigenvalue weighted by atomic mass is 9.53. The first-order valence-electron chi connectivity index (χ1n) is 8.78. The summed E-state index contributed by atoms with van der Waals surface area (Å²) in [6.45, 7) is -1.39. The second-order valence-electron chi connectivity index (χ2n) is 7.94. The molecule has 0 atom stereocenters. The van der Waals surface area contributed by atoms with Gasteiger partial charge in [0.25, 0.3) is 5.91 Å². The van der Waals surface area contributed by atoms with Crippen molar-refractivity contribution in [3.8, 4) is 5.88 Å². The third-order valence-electron chi connectivity index (χ3n) is 5.80. The number of halogens is 3. The van der Waals surface area contributed by atoms with E-state index in [2.05, 4.69) is 15.0 Å². The first-order valence-corrected chi connectivity index (χ1v) is 8.78. The predicted octanol–water partition coefficient (Wildman–Crippen LogP) is 3.72. The smallest absolute Gasteiger partial charge is 0.422 e. The van der Waals surface area contributed by atoms with E-state index in [1.54, 1.807) is 0 Å². The average molecular weight is 354 g/mol. The third-order valence-corrected chi connectivity index (χ3v) is 5.80. The number of carbonyl (C=O) groups is 1. The Hall–Kier alpha value is -1.79. The Labute approximate surface area is 144 Å². The number of nitrogens with one attached hydrogen (secondary N) is 1. The summed E-state index contributed by atoms with van der Waals surface area (Å²) in [5.41, 5.74) is 0.257. The minimum atomic E-state index is -4.41. The molecule has 0 radical (unpaired) electrons. The lowest BCUT2D eigenvalue weighted by molar-refractivity contribution is -0.154. The van der Waals surface area contributed by atoms with Crippen molar-refractivity contribution in [3.63, 3.8) is 0 Å². The zero-order chi connectivity index (χ0) is 17.7. The maximum atomic E-state index is 12.6. The van der Waals surface area contributed by atoms with Crippen molar-refractivity contribution in [2.75, 3.05) is 6.61 Å². The number of hydrogen-bond acceptors (Lipinski definition) is 3. The van der Waals surface area contributed by atoms with Crippen LogP contribution < -0.4 is 10.1 Å².